The van der Waals surface area contributed by atoms with Crippen LogP contribution in [0.25, 0.3) is 0 Å². The van der Waals surface area contributed by atoms with E-state index in [9.17, 15) is 9.18 Å². The molecule has 144 valence electrons. The maximum Gasteiger partial charge on any atom is 0.253 e. The van der Waals surface area contributed by atoms with Gasteiger partial charge in [0.15, 0.2) is 0 Å². The number of nitrogens with zero attached hydrogens (tertiary/aromatic N) is 4. The number of hydrogen-bond acceptors (Lipinski definition) is 6. The van der Waals surface area contributed by atoms with Crippen LogP contribution in [0.4, 0.5) is 16.0 Å². The number of aromatic nitrogens is 2. The van der Waals surface area contributed by atoms with Gasteiger partial charge in [-0.1, -0.05) is 15.9 Å². The molecule has 27 heavy (non-hydrogen) atoms. The van der Waals surface area contributed by atoms with Crippen molar-refractivity contribution in [2.45, 2.75) is 6.42 Å². The lowest BCUT2D eigenvalue weighted by Crippen LogP contribution is -2.47. The zero-order valence-corrected chi connectivity index (χ0v) is 16.5. The van der Waals surface area contributed by atoms with Crippen LogP contribution < -0.4 is 16.0 Å². The number of nitrogens with one attached hydrogen (secondary N) is 1. The molecule has 1 aliphatic rings. The van der Waals surface area contributed by atoms with E-state index in [0.29, 0.717) is 16.7 Å². The zero-order valence-electron chi connectivity index (χ0n) is 14.9. The molecule has 3 rings (SSSR count). The monoisotopic (exact) mass is 436 g/mol. The molecule has 9 heteroatoms. The first-order chi connectivity index (χ1) is 13.0. The predicted molar refractivity (Wildman–Crippen MR) is 106 cm³/mol. The largest absolute Gasteiger partial charge is 0.384 e. The number of carbonyl (C=O) groups is 1. The van der Waals surface area contributed by atoms with Gasteiger partial charge in [0.25, 0.3) is 5.91 Å². The van der Waals surface area contributed by atoms with Crippen LogP contribution in [0.2, 0.25) is 0 Å². The van der Waals surface area contributed by atoms with Crippen molar-refractivity contribution < 1.29 is 9.18 Å². The highest BCUT2D eigenvalue weighted by Gasteiger charge is 2.19. The molecule has 0 atom stereocenters. The van der Waals surface area contributed by atoms with E-state index in [1.54, 1.807) is 18.5 Å². The van der Waals surface area contributed by atoms with Gasteiger partial charge < -0.3 is 16.0 Å². The van der Waals surface area contributed by atoms with Gasteiger partial charge in [0, 0.05) is 49.6 Å². The van der Waals surface area contributed by atoms with Crippen LogP contribution in [-0.2, 0) is 0 Å². The molecule has 0 spiro atoms. The van der Waals surface area contributed by atoms with E-state index < -0.39 is 11.7 Å². The fourth-order valence-corrected chi connectivity index (χ4v) is 3.55. The molecule has 1 aromatic heterocycles. The molecule has 1 saturated heterocycles. The van der Waals surface area contributed by atoms with Crippen LogP contribution in [-0.4, -0.2) is 60.0 Å². The van der Waals surface area contributed by atoms with Crippen LogP contribution in [0, 0.1) is 5.82 Å². The van der Waals surface area contributed by atoms with E-state index in [1.165, 1.54) is 6.07 Å². The van der Waals surface area contributed by atoms with Gasteiger partial charge in [-0.3, -0.25) is 9.69 Å². The highest BCUT2D eigenvalue weighted by Crippen LogP contribution is 2.24. The normalized spacial score (nSPS) is 15.0. The average molecular weight is 437 g/mol. The number of benzene rings is 1. The van der Waals surface area contributed by atoms with E-state index in [1.807, 2.05) is 6.07 Å². The highest BCUT2D eigenvalue weighted by atomic mass is 79.9. The minimum atomic E-state index is -0.776. The van der Waals surface area contributed by atoms with Crippen molar-refractivity contribution in [3.63, 3.8) is 0 Å². The second-order valence-electron chi connectivity index (χ2n) is 6.33. The van der Waals surface area contributed by atoms with Crippen LogP contribution >= 0.6 is 15.9 Å². The summed E-state index contributed by atoms with van der Waals surface area (Å²) in [5, 5.41) is 3.12. The Bertz CT molecular complexity index is 783. The van der Waals surface area contributed by atoms with Gasteiger partial charge in [0.05, 0.1) is 11.3 Å². The first-order valence-electron chi connectivity index (χ1n) is 8.81. The standard InChI is InChI=1S/C18H22BrFN6O/c19-13-11-14(20)16(17(21)27)15(12-13)22-5-2-6-25-7-9-26(10-8-25)18-23-3-1-4-24-18/h1,3-4,11-12,22H,2,5-10H2,(H2,21,27). The minimum absolute atomic E-state index is 0.102. The van der Waals surface area contributed by atoms with Crippen LogP contribution in [0.15, 0.2) is 35.1 Å². The number of primary amides is 1. The molecule has 2 heterocycles. The maximum atomic E-state index is 13.9. The fourth-order valence-electron chi connectivity index (χ4n) is 3.12. The Kier molecular flexibility index (Phi) is 6.57. The quantitative estimate of drug-likeness (QED) is 0.646. The Hall–Kier alpha value is -2.26. The van der Waals surface area contributed by atoms with Crippen molar-refractivity contribution in [2.24, 2.45) is 5.73 Å². The van der Waals surface area contributed by atoms with E-state index in [2.05, 4.69) is 41.0 Å². The number of hydrogen-bond donors (Lipinski definition) is 2. The second-order valence-corrected chi connectivity index (χ2v) is 7.25. The van der Waals surface area contributed by atoms with Crippen molar-refractivity contribution in [2.75, 3.05) is 49.5 Å². The molecule has 1 aliphatic heterocycles. The lowest BCUT2D eigenvalue weighted by Gasteiger charge is -2.34. The van der Waals surface area contributed by atoms with Gasteiger partial charge in [0.2, 0.25) is 5.95 Å². The SMILES string of the molecule is NC(=O)c1c(F)cc(Br)cc1NCCCN1CCN(c2ncccn2)CC1. The second kappa shape index (κ2) is 9.09. The van der Waals surface area contributed by atoms with Crippen LogP contribution in [0.5, 0.6) is 0 Å². The number of nitrogens with two attached hydrogens (primary N) is 1. The Morgan fingerprint density at radius 3 is 2.59 bits per heavy atom. The smallest absolute Gasteiger partial charge is 0.253 e. The number of amides is 1. The lowest BCUT2D eigenvalue weighted by molar-refractivity contribution is 0.0997. The van der Waals surface area contributed by atoms with Gasteiger partial charge in [0.1, 0.15) is 5.82 Å². The molecule has 1 aromatic carbocycles. The van der Waals surface area contributed by atoms with E-state index >= 15 is 0 Å². The third-order valence-electron chi connectivity index (χ3n) is 4.48. The summed E-state index contributed by atoms with van der Waals surface area (Å²) in [5.74, 6) is -0.630. The number of piperazine rings is 1. The first-order valence-corrected chi connectivity index (χ1v) is 9.61. The molecule has 3 N–H and O–H groups in total. The summed E-state index contributed by atoms with van der Waals surface area (Å²) in [7, 11) is 0. The molecule has 0 radical (unpaired) electrons. The summed E-state index contributed by atoms with van der Waals surface area (Å²) in [6, 6.07) is 4.72. The summed E-state index contributed by atoms with van der Waals surface area (Å²) in [6.45, 7) is 5.20. The summed E-state index contributed by atoms with van der Waals surface area (Å²) in [6.07, 6.45) is 4.38. The van der Waals surface area contributed by atoms with Crippen molar-refractivity contribution in [1.82, 2.24) is 14.9 Å². The Morgan fingerprint density at radius 1 is 1.22 bits per heavy atom. The highest BCUT2D eigenvalue weighted by molar-refractivity contribution is 9.10. The van der Waals surface area contributed by atoms with Gasteiger partial charge in [-0.25, -0.2) is 14.4 Å². The first kappa shape index (κ1) is 19.5. The van der Waals surface area contributed by atoms with Crippen molar-refractivity contribution in [3.05, 3.63) is 46.4 Å². The van der Waals surface area contributed by atoms with Gasteiger partial charge in [-0.05, 0) is 31.2 Å². The number of carbonyl (C=O) groups excluding carboxylic acids is 1. The average Bonchev–Trinajstić information content (AvgIpc) is 2.65. The summed E-state index contributed by atoms with van der Waals surface area (Å²) in [5.41, 5.74) is 5.61. The minimum Gasteiger partial charge on any atom is -0.384 e. The molecule has 0 aliphatic carbocycles. The van der Waals surface area contributed by atoms with E-state index in [4.69, 9.17) is 5.73 Å². The summed E-state index contributed by atoms with van der Waals surface area (Å²) >= 11 is 3.24. The van der Waals surface area contributed by atoms with Crippen molar-refractivity contribution in [1.29, 1.82) is 0 Å². The van der Waals surface area contributed by atoms with Gasteiger partial charge in [-0.15, -0.1) is 0 Å². The molecule has 2 aromatic rings. The molecule has 0 unspecified atom stereocenters. The third-order valence-corrected chi connectivity index (χ3v) is 4.93. The fraction of sp³-hybridized carbons (Fsp3) is 0.389. The lowest BCUT2D eigenvalue weighted by atomic mass is 10.1. The number of rotatable bonds is 7. The van der Waals surface area contributed by atoms with Crippen LogP contribution in [0.1, 0.15) is 16.8 Å². The van der Waals surface area contributed by atoms with Gasteiger partial charge >= 0.3 is 0 Å². The molecular weight excluding hydrogens is 415 g/mol. The Morgan fingerprint density at radius 2 is 1.93 bits per heavy atom. The molecule has 1 fully saturated rings. The number of halogens is 2. The third kappa shape index (κ3) is 5.14. The summed E-state index contributed by atoms with van der Waals surface area (Å²) < 4.78 is 14.5. The Labute approximate surface area is 165 Å². The molecular formula is C18H22BrFN6O. The van der Waals surface area contributed by atoms with E-state index in [0.717, 1.165) is 45.1 Å². The van der Waals surface area contributed by atoms with Gasteiger partial charge in [-0.2, -0.15) is 0 Å². The molecule has 0 bridgehead atoms. The molecule has 7 nitrogen and oxygen atoms in total. The zero-order chi connectivity index (χ0) is 19.2. The van der Waals surface area contributed by atoms with Crippen molar-refractivity contribution >= 4 is 33.5 Å². The summed E-state index contributed by atoms with van der Waals surface area (Å²) in [4.78, 5) is 24.6. The Balaban J connectivity index is 1.45. The van der Waals surface area contributed by atoms with Crippen LogP contribution in [0.3, 0.4) is 0 Å². The molecule has 0 saturated carbocycles. The van der Waals surface area contributed by atoms with E-state index in [-0.39, 0.29) is 5.56 Å². The van der Waals surface area contributed by atoms with Crippen molar-refractivity contribution in [3.8, 4) is 0 Å². The number of anilines is 2. The molecule has 1 amide bonds. The topological polar surface area (TPSA) is 87.4 Å². The predicted octanol–water partition coefficient (Wildman–Crippen LogP) is 2.10. The maximum absolute atomic E-state index is 13.9.